The molecule has 35 heavy (non-hydrogen) atoms. The molecule has 1 fully saturated rings. The van der Waals surface area contributed by atoms with Gasteiger partial charge in [0, 0.05) is 5.69 Å². The molecule has 0 aromatic heterocycles. The van der Waals surface area contributed by atoms with Crippen molar-refractivity contribution < 1.29 is 28.9 Å². The molecule has 3 aromatic carbocycles. The standard InChI is InChI=1S/C28H27NO6/c1-17(2)35-21-9-7-8-18(16-21)25-24(26(30)22-10-5-6-11-23(22)34-4)27(31)28(32)29(25)19-12-14-20(33-3)15-13-19/h5-17,25,30H,1-4H3/b26-24-. The number of aliphatic hydroxyl groups excluding tert-OH is 1. The molecule has 180 valence electrons. The fourth-order valence-electron chi connectivity index (χ4n) is 4.17. The first kappa shape index (κ1) is 23.9. The fraction of sp³-hybridized carbons (Fsp3) is 0.214. The molecule has 1 N–H and O–H groups in total. The molecule has 1 amide bonds. The number of amides is 1. The van der Waals surface area contributed by atoms with Crippen LogP contribution in [0.4, 0.5) is 5.69 Å². The Balaban J connectivity index is 1.94. The molecular weight excluding hydrogens is 446 g/mol. The van der Waals surface area contributed by atoms with Crippen molar-refractivity contribution in [2.75, 3.05) is 19.1 Å². The maximum absolute atomic E-state index is 13.4. The van der Waals surface area contributed by atoms with Crippen molar-refractivity contribution in [1.29, 1.82) is 0 Å². The third-order valence-corrected chi connectivity index (χ3v) is 5.70. The van der Waals surface area contributed by atoms with E-state index >= 15 is 0 Å². The average Bonchev–Trinajstić information content (AvgIpc) is 3.13. The molecule has 3 aromatic rings. The molecule has 1 heterocycles. The molecule has 0 saturated carbocycles. The summed E-state index contributed by atoms with van der Waals surface area (Å²) in [5, 5.41) is 11.4. The summed E-state index contributed by atoms with van der Waals surface area (Å²) in [5.74, 6) is -0.247. The van der Waals surface area contributed by atoms with Gasteiger partial charge in [-0.05, 0) is 67.9 Å². The van der Waals surface area contributed by atoms with Crippen molar-refractivity contribution in [3.8, 4) is 17.2 Å². The highest BCUT2D eigenvalue weighted by molar-refractivity contribution is 6.51. The third kappa shape index (κ3) is 4.57. The van der Waals surface area contributed by atoms with Crippen molar-refractivity contribution in [2.24, 2.45) is 0 Å². The largest absolute Gasteiger partial charge is 0.507 e. The van der Waals surface area contributed by atoms with E-state index in [0.29, 0.717) is 34.1 Å². The zero-order valence-electron chi connectivity index (χ0n) is 20.0. The summed E-state index contributed by atoms with van der Waals surface area (Å²) in [6, 6.07) is 19.9. The van der Waals surface area contributed by atoms with Crippen molar-refractivity contribution >= 4 is 23.1 Å². The van der Waals surface area contributed by atoms with Gasteiger partial charge in [-0.3, -0.25) is 14.5 Å². The van der Waals surface area contributed by atoms with Gasteiger partial charge in [0.25, 0.3) is 11.7 Å². The van der Waals surface area contributed by atoms with Gasteiger partial charge in [0.1, 0.15) is 23.0 Å². The van der Waals surface area contributed by atoms with Crippen LogP contribution in [0.3, 0.4) is 0 Å². The Bertz CT molecular complexity index is 1280. The first-order valence-electron chi connectivity index (χ1n) is 11.2. The molecule has 1 atom stereocenters. The van der Waals surface area contributed by atoms with E-state index in [4.69, 9.17) is 14.2 Å². The zero-order valence-corrected chi connectivity index (χ0v) is 20.0. The average molecular weight is 474 g/mol. The quantitative estimate of drug-likeness (QED) is 0.291. The van der Waals surface area contributed by atoms with Crippen LogP contribution in [-0.2, 0) is 9.59 Å². The molecule has 1 aliphatic rings. The second kappa shape index (κ2) is 9.93. The first-order chi connectivity index (χ1) is 16.8. The van der Waals surface area contributed by atoms with Crippen LogP contribution in [0.5, 0.6) is 17.2 Å². The Hall–Kier alpha value is -4.26. The van der Waals surface area contributed by atoms with E-state index in [1.807, 2.05) is 19.9 Å². The lowest BCUT2D eigenvalue weighted by molar-refractivity contribution is -0.132. The molecule has 0 radical (unpaired) electrons. The van der Waals surface area contributed by atoms with Gasteiger partial charge in [-0.2, -0.15) is 0 Å². The minimum Gasteiger partial charge on any atom is -0.507 e. The Morgan fingerprint density at radius 1 is 0.886 bits per heavy atom. The summed E-state index contributed by atoms with van der Waals surface area (Å²) < 4.78 is 16.5. The second-order valence-electron chi connectivity index (χ2n) is 8.31. The molecule has 0 bridgehead atoms. The number of aliphatic hydroxyl groups is 1. The van der Waals surface area contributed by atoms with E-state index in [2.05, 4.69) is 0 Å². The van der Waals surface area contributed by atoms with Crippen molar-refractivity contribution in [2.45, 2.75) is 26.0 Å². The maximum atomic E-state index is 13.4. The number of anilines is 1. The SMILES string of the molecule is COc1ccc(N2C(=O)C(=O)/C(=C(\O)c3ccccc3OC)C2c2cccc(OC(C)C)c2)cc1. The van der Waals surface area contributed by atoms with Crippen molar-refractivity contribution in [3.05, 3.63) is 89.5 Å². The number of Topliss-reactive ketones (excluding diaryl/α,β-unsaturated/α-hetero) is 1. The van der Waals surface area contributed by atoms with Crippen molar-refractivity contribution in [3.63, 3.8) is 0 Å². The smallest absolute Gasteiger partial charge is 0.300 e. The summed E-state index contributed by atoms with van der Waals surface area (Å²) in [7, 11) is 3.03. The number of hydrogen-bond acceptors (Lipinski definition) is 6. The van der Waals surface area contributed by atoms with Crippen LogP contribution in [-0.4, -0.2) is 37.1 Å². The minimum absolute atomic E-state index is 0.0305. The van der Waals surface area contributed by atoms with Crippen LogP contribution in [0, 0.1) is 0 Å². The van der Waals surface area contributed by atoms with Crippen LogP contribution in [0.2, 0.25) is 0 Å². The molecule has 4 rings (SSSR count). The molecule has 1 unspecified atom stereocenters. The van der Waals surface area contributed by atoms with E-state index in [-0.39, 0.29) is 17.4 Å². The molecule has 7 heteroatoms. The van der Waals surface area contributed by atoms with Crippen LogP contribution >= 0.6 is 0 Å². The number of para-hydroxylation sites is 1. The van der Waals surface area contributed by atoms with E-state index < -0.39 is 17.7 Å². The Morgan fingerprint density at radius 2 is 1.60 bits per heavy atom. The highest BCUT2D eigenvalue weighted by atomic mass is 16.5. The second-order valence-corrected chi connectivity index (χ2v) is 8.31. The molecule has 0 spiro atoms. The van der Waals surface area contributed by atoms with Gasteiger partial charge in [0.05, 0.1) is 37.5 Å². The topological polar surface area (TPSA) is 85.3 Å². The summed E-state index contributed by atoms with van der Waals surface area (Å²) >= 11 is 0. The summed E-state index contributed by atoms with van der Waals surface area (Å²) in [6.07, 6.45) is -0.0632. The van der Waals surface area contributed by atoms with Crippen molar-refractivity contribution in [1.82, 2.24) is 0 Å². The fourth-order valence-corrected chi connectivity index (χ4v) is 4.17. The van der Waals surface area contributed by atoms with Crippen LogP contribution < -0.4 is 19.1 Å². The maximum Gasteiger partial charge on any atom is 0.300 e. The lowest BCUT2D eigenvalue weighted by atomic mass is 9.94. The third-order valence-electron chi connectivity index (χ3n) is 5.70. The molecule has 1 saturated heterocycles. The highest BCUT2D eigenvalue weighted by Crippen LogP contribution is 2.44. The predicted molar refractivity (Wildman–Crippen MR) is 133 cm³/mol. The number of carbonyl (C=O) groups is 2. The van der Waals surface area contributed by atoms with Gasteiger partial charge in [0.15, 0.2) is 0 Å². The van der Waals surface area contributed by atoms with E-state index in [1.54, 1.807) is 73.8 Å². The molecule has 0 aliphatic carbocycles. The van der Waals surface area contributed by atoms with Crippen LogP contribution in [0.15, 0.2) is 78.4 Å². The van der Waals surface area contributed by atoms with E-state index in [0.717, 1.165) is 0 Å². The normalized spacial score (nSPS) is 17.1. The number of methoxy groups -OCH3 is 2. The van der Waals surface area contributed by atoms with Gasteiger partial charge >= 0.3 is 0 Å². The lowest BCUT2D eigenvalue weighted by Crippen LogP contribution is -2.29. The lowest BCUT2D eigenvalue weighted by Gasteiger charge is -2.26. The number of nitrogens with zero attached hydrogens (tertiary/aromatic N) is 1. The number of ketones is 1. The Morgan fingerprint density at radius 3 is 2.26 bits per heavy atom. The number of benzene rings is 3. The number of hydrogen-bond donors (Lipinski definition) is 1. The van der Waals surface area contributed by atoms with Crippen LogP contribution in [0.25, 0.3) is 5.76 Å². The summed E-state index contributed by atoms with van der Waals surface area (Å²) in [6.45, 7) is 3.83. The number of rotatable bonds is 7. The molecule has 1 aliphatic heterocycles. The van der Waals surface area contributed by atoms with E-state index in [1.165, 1.54) is 12.0 Å². The highest BCUT2D eigenvalue weighted by Gasteiger charge is 2.47. The monoisotopic (exact) mass is 473 g/mol. The van der Waals surface area contributed by atoms with Gasteiger partial charge < -0.3 is 19.3 Å². The first-order valence-corrected chi connectivity index (χ1v) is 11.2. The minimum atomic E-state index is -0.885. The predicted octanol–water partition coefficient (Wildman–Crippen LogP) is 5.12. The summed E-state index contributed by atoms with van der Waals surface area (Å²) in [5.41, 5.74) is 1.40. The van der Waals surface area contributed by atoms with Gasteiger partial charge in [-0.1, -0.05) is 24.3 Å². The van der Waals surface area contributed by atoms with Gasteiger partial charge in [0.2, 0.25) is 0 Å². The summed E-state index contributed by atoms with van der Waals surface area (Å²) in [4.78, 5) is 28.1. The van der Waals surface area contributed by atoms with Crippen LogP contribution in [0.1, 0.15) is 31.0 Å². The Labute approximate surface area is 204 Å². The van der Waals surface area contributed by atoms with Gasteiger partial charge in [-0.25, -0.2) is 0 Å². The van der Waals surface area contributed by atoms with Gasteiger partial charge in [-0.15, -0.1) is 0 Å². The number of ether oxygens (including phenoxy) is 3. The Kier molecular flexibility index (Phi) is 6.78. The van der Waals surface area contributed by atoms with E-state index in [9.17, 15) is 14.7 Å². The molecular formula is C28H27NO6. The number of carbonyl (C=O) groups excluding carboxylic acids is 2. The zero-order chi connectivity index (χ0) is 25.1. The molecule has 7 nitrogen and oxygen atoms in total.